The van der Waals surface area contributed by atoms with Gasteiger partial charge in [0.05, 0.1) is 12.7 Å². The van der Waals surface area contributed by atoms with Crippen molar-refractivity contribution in [1.29, 1.82) is 0 Å². The van der Waals surface area contributed by atoms with E-state index >= 15 is 0 Å². The summed E-state index contributed by atoms with van der Waals surface area (Å²) in [4.78, 5) is 12.0. The van der Waals surface area contributed by atoms with Crippen molar-refractivity contribution < 1.29 is 17.9 Å². The van der Waals surface area contributed by atoms with Crippen molar-refractivity contribution in [2.45, 2.75) is 4.21 Å². The van der Waals surface area contributed by atoms with E-state index in [4.69, 9.17) is 16.3 Å². The topological polar surface area (TPSA) is 72.5 Å². The van der Waals surface area contributed by atoms with Gasteiger partial charge in [-0.1, -0.05) is 17.7 Å². The second-order valence-corrected chi connectivity index (χ2v) is 7.00. The number of thiophene rings is 1. The van der Waals surface area contributed by atoms with Crippen molar-refractivity contribution in [1.82, 2.24) is 4.72 Å². The van der Waals surface area contributed by atoms with Gasteiger partial charge in [0.15, 0.2) is 0 Å². The fourth-order valence-electron chi connectivity index (χ4n) is 1.50. The van der Waals surface area contributed by atoms with Gasteiger partial charge in [0.2, 0.25) is 0 Å². The molecule has 0 fully saturated rings. The lowest BCUT2D eigenvalue weighted by molar-refractivity contribution is 0.0978. The summed E-state index contributed by atoms with van der Waals surface area (Å²) in [5.41, 5.74) is 0.0945. The Morgan fingerprint density at radius 1 is 1.35 bits per heavy atom. The molecule has 20 heavy (non-hydrogen) atoms. The van der Waals surface area contributed by atoms with Crippen LogP contribution < -0.4 is 9.46 Å². The molecule has 0 spiro atoms. The molecule has 2 aromatic rings. The van der Waals surface area contributed by atoms with E-state index in [9.17, 15) is 13.2 Å². The number of amides is 1. The zero-order valence-corrected chi connectivity index (χ0v) is 12.7. The first kappa shape index (κ1) is 14.8. The first-order chi connectivity index (χ1) is 9.44. The highest BCUT2D eigenvalue weighted by Crippen LogP contribution is 2.24. The predicted molar refractivity (Wildman–Crippen MR) is 77.0 cm³/mol. The normalized spacial score (nSPS) is 11.1. The molecular formula is C12H10ClNO4S2. The van der Waals surface area contributed by atoms with Gasteiger partial charge in [0.1, 0.15) is 9.96 Å². The Balaban J connectivity index is 2.30. The molecule has 0 aliphatic rings. The van der Waals surface area contributed by atoms with E-state index in [0.29, 0.717) is 5.02 Å². The highest BCUT2D eigenvalue weighted by molar-refractivity contribution is 7.92. The SMILES string of the molecule is COc1cc(Cl)ccc1C(=O)NS(=O)(=O)c1cccs1. The minimum atomic E-state index is -3.87. The van der Waals surface area contributed by atoms with Gasteiger partial charge in [-0.15, -0.1) is 11.3 Å². The molecule has 0 aliphatic carbocycles. The average Bonchev–Trinajstić information content (AvgIpc) is 2.92. The summed E-state index contributed by atoms with van der Waals surface area (Å²) in [6.07, 6.45) is 0. The molecule has 0 saturated heterocycles. The van der Waals surface area contributed by atoms with Crippen LogP contribution >= 0.6 is 22.9 Å². The van der Waals surface area contributed by atoms with E-state index in [1.54, 1.807) is 11.4 Å². The smallest absolute Gasteiger partial charge is 0.273 e. The molecule has 8 heteroatoms. The van der Waals surface area contributed by atoms with E-state index in [1.165, 1.54) is 31.4 Å². The molecule has 1 amide bonds. The van der Waals surface area contributed by atoms with Crippen molar-refractivity contribution in [3.05, 3.63) is 46.3 Å². The first-order valence-electron chi connectivity index (χ1n) is 5.38. The number of carbonyl (C=O) groups excluding carboxylic acids is 1. The Morgan fingerprint density at radius 2 is 2.10 bits per heavy atom. The van der Waals surface area contributed by atoms with Crippen molar-refractivity contribution in [2.75, 3.05) is 7.11 Å². The van der Waals surface area contributed by atoms with E-state index in [2.05, 4.69) is 0 Å². The number of halogens is 1. The lowest BCUT2D eigenvalue weighted by atomic mass is 10.2. The molecule has 2 rings (SSSR count). The maximum atomic E-state index is 12.0. The van der Waals surface area contributed by atoms with Crippen LogP contribution in [-0.2, 0) is 10.0 Å². The minimum Gasteiger partial charge on any atom is -0.496 e. The zero-order chi connectivity index (χ0) is 14.8. The fourth-order valence-corrected chi connectivity index (χ4v) is 3.62. The molecule has 5 nitrogen and oxygen atoms in total. The Kier molecular flexibility index (Phi) is 4.32. The van der Waals surface area contributed by atoms with Crippen LogP contribution in [0.25, 0.3) is 0 Å². The number of hydrogen-bond acceptors (Lipinski definition) is 5. The van der Waals surface area contributed by atoms with E-state index in [-0.39, 0.29) is 15.5 Å². The number of benzene rings is 1. The van der Waals surface area contributed by atoms with Gasteiger partial charge in [-0.05, 0) is 29.6 Å². The molecule has 0 atom stereocenters. The molecule has 0 unspecified atom stereocenters. The summed E-state index contributed by atoms with van der Waals surface area (Å²) in [6.45, 7) is 0. The zero-order valence-electron chi connectivity index (χ0n) is 10.3. The van der Waals surface area contributed by atoms with E-state index in [0.717, 1.165) is 11.3 Å². The molecular weight excluding hydrogens is 322 g/mol. The van der Waals surface area contributed by atoms with Crippen molar-refractivity contribution >= 4 is 38.9 Å². The third-order valence-electron chi connectivity index (χ3n) is 2.40. The van der Waals surface area contributed by atoms with Gasteiger partial charge in [-0.2, -0.15) is 0 Å². The Bertz CT molecular complexity index is 726. The van der Waals surface area contributed by atoms with Gasteiger partial charge >= 0.3 is 0 Å². The van der Waals surface area contributed by atoms with Crippen LogP contribution in [-0.4, -0.2) is 21.4 Å². The summed E-state index contributed by atoms with van der Waals surface area (Å²) in [5, 5.41) is 2.00. The molecule has 1 N–H and O–H groups in total. The van der Waals surface area contributed by atoms with Crippen LogP contribution in [0.1, 0.15) is 10.4 Å². The standard InChI is InChI=1S/C12H10ClNO4S2/c1-18-10-7-8(13)4-5-9(10)12(15)14-20(16,17)11-3-2-6-19-11/h2-7H,1H3,(H,14,15). The molecule has 1 heterocycles. The van der Waals surface area contributed by atoms with Crippen LogP contribution in [0.15, 0.2) is 39.9 Å². The van der Waals surface area contributed by atoms with Crippen LogP contribution in [0.4, 0.5) is 0 Å². The third-order valence-corrected chi connectivity index (χ3v) is 5.36. The molecule has 106 valence electrons. The predicted octanol–water partition coefficient (Wildman–Crippen LogP) is 2.53. The third kappa shape index (κ3) is 3.12. The maximum Gasteiger partial charge on any atom is 0.273 e. The molecule has 0 radical (unpaired) electrons. The summed E-state index contributed by atoms with van der Waals surface area (Å²) in [6, 6.07) is 7.33. The number of nitrogens with one attached hydrogen (secondary N) is 1. The lowest BCUT2D eigenvalue weighted by Crippen LogP contribution is -2.30. The van der Waals surface area contributed by atoms with Crippen LogP contribution in [0.5, 0.6) is 5.75 Å². The fraction of sp³-hybridized carbons (Fsp3) is 0.0833. The number of methoxy groups -OCH3 is 1. The number of carbonyl (C=O) groups is 1. The summed E-state index contributed by atoms with van der Waals surface area (Å²) >= 11 is 6.81. The number of rotatable bonds is 4. The monoisotopic (exact) mass is 331 g/mol. The molecule has 1 aromatic carbocycles. The number of sulfonamides is 1. The summed E-state index contributed by atoms with van der Waals surface area (Å²) in [7, 11) is -2.50. The average molecular weight is 332 g/mol. The van der Waals surface area contributed by atoms with Gasteiger partial charge in [0, 0.05) is 5.02 Å². The van der Waals surface area contributed by atoms with Gasteiger partial charge in [-0.3, -0.25) is 4.79 Å². The molecule has 0 saturated carbocycles. The van der Waals surface area contributed by atoms with Crippen LogP contribution in [0.2, 0.25) is 5.02 Å². The van der Waals surface area contributed by atoms with Crippen LogP contribution in [0.3, 0.4) is 0 Å². The van der Waals surface area contributed by atoms with Crippen molar-refractivity contribution in [3.8, 4) is 5.75 Å². The minimum absolute atomic E-state index is 0.0683. The Labute approximate surface area is 125 Å². The highest BCUT2D eigenvalue weighted by atomic mass is 35.5. The highest BCUT2D eigenvalue weighted by Gasteiger charge is 2.21. The van der Waals surface area contributed by atoms with Gasteiger partial charge in [0.25, 0.3) is 15.9 Å². The van der Waals surface area contributed by atoms with Crippen molar-refractivity contribution in [2.24, 2.45) is 0 Å². The van der Waals surface area contributed by atoms with E-state index in [1.807, 2.05) is 4.72 Å². The van der Waals surface area contributed by atoms with E-state index < -0.39 is 15.9 Å². The first-order valence-corrected chi connectivity index (χ1v) is 8.12. The second kappa shape index (κ2) is 5.82. The lowest BCUT2D eigenvalue weighted by Gasteiger charge is -2.09. The van der Waals surface area contributed by atoms with Gasteiger partial charge in [-0.25, -0.2) is 13.1 Å². The summed E-state index contributed by atoms with van der Waals surface area (Å²) < 4.78 is 31.0. The molecule has 0 bridgehead atoms. The summed E-state index contributed by atoms with van der Waals surface area (Å²) in [5.74, 6) is -0.566. The number of hydrogen-bond donors (Lipinski definition) is 1. The quantitative estimate of drug-likeness (QED) is 0.934. The maximum absolute atomic E-state index is 12.0. The number of ether oxygens (including phenoxy) is 1. The Hall–Kier alpha value is -1.57. The Morgan fingerprint density at radius 3 is 2.70 bits per heavy atom. The largest absolute Gasteiger partial charge is 0.496 e. The van der Waals surface area contributed by atoms with Gasteiger partial charge < -0.3 is 4.74 Å². The molecule has 0 aliphatic heterocycles. The van der Waals surface area contributed by atoms with Crippen LogP contribution in [0, 0.1) is 0 Å². The second-order valence-electron chi connectivity index (χ2n) is 3.71. The molecule has 1 aromatic heterocycles. The van der Waals surface area contributed by atoms with Crippen molar-refractivity contribution in [3.63, 3.8) is 0 Å².